The van der Waals surface area contributed by atoms with Crippen molar-refractivity contribution >= 4 is 46.9 Å². The molecule has 0 unspecified atom stereocenters. The van der Waals surface area contributed by atoms with Crippen LogP contribution in [0.25, 0.3) is 11.1 Å². The van der Waals surface area contributed by atoms with E-state index in [1.807, 2.05) is 43.5 Å². The van der Waals surface area contributed by atoms with E-state index < -0.39 is 24.0 Å². The summed E-state index contributed by atoms with van der Waals surface area (Å²) < 4.78 is 13.1. The number of nitrogens with one attached hydrogen (secondary N) is 1. The summed E-state index contributed by atoms with van der Waals surface area (Å²) in [6, 6.07) is 14.8. The first kappa shape index (κ1) is 33.3. The van der Waals surface area contributed by atoms with Crippen molar-refractivity contribution in [3.05, 3.63) is 99.3 Å². The topological polar surface area (TPSA) is 143 Å². The van der Waals surface area contributed by atoms with Crippen LogP contribution >= 0.6 is 23.2 Å². The number of carboxylic acid groups (broad SMARTS) is 1. The number of aliphatic hydroxyl groups is 1. The fourth-order valence-electron chi connectivity index (χ4n) is 6.07. The third-order valence-electron chi connectivity index (χ3n) is 8.69. The Morgan fingerprint density at radius 3 is 2.69 bits per heavy atom. The minimum Gasteiger partial charge on any atom is -0.490 e. The Kier molecular flexibility index (Phi) is 9.91. The van der Waals surface area contributed by atoms with Gasteiger partial charge < -0.3 is 25.0 Å². The SMILES string of the molecule is Cc1c(Cl)cccc1OCCOC(=O)N1C[C@@H]2C[C@@H]2c2c(-c3cnn(Cc4cc(C(=O)N[C@@H](CCO)C(=O)O)ccc4Cl)c3)cccc21. The number of carbonyl (C=O) groups is 3. The predicted octanol–water partition coefficient (Wildman–Crippen LogP) is 5.92. The number of aliphatic hydroxyl groups excluding tert-OH is 1. The van der Waals surface area contributed by atoms with Crippen LogP contribution in [-0.4, -0.2) is 70.4 Å². The third-order valence-corrected chi connectivity index (χ3v) is 9.47. The van der Waals surface area contributed by atoms with Gasteiger partial charge >= 0.3 is 12.1 Å². The molecule has 3 atom stereocenters. The lowest BCUT2D eigenvalue weighted by atomic mass is 9.93. The number of nitrogens with zero attached hydrogens (tertiary/aromatic N) is 3. The maximum atomic E-state index is 13.3. The zero-order valence-corrected chi connectivity index (χ0v) is 27.6. The number of carboxylic acids is 1. The van der Waals surface area contributed by atoms with Crippen molar-refractivity contribution in [2.45, 2.75) is 38.3 Å². The van der Waals surface area contributed by atoms with Crippen molar-refractivity contribution in [1.29, 1.82) is 0 Å². The number of rotatable bonds is 12. The van der Waals surface area contributed by atoms with E-state index in [-0.39, 0.29) is 38.3 Å². The van der Waals surface area contributed by atoms with Gasteiger partial charge in [-0.1, -0.05) is 41.4 Å². The Labute approximate surface area is 287 Å². The summed E-state index contributed by atoms with van der Waals surface area (Å²) in [6.07, 6.45) is 4.09. The summed E-state index contributed by atoms with van der Waals surface area (Å²) >= 11 is 12.6. The van der Waals surface area contributed by atoms with Crippen LogP contribution in [0.1, 0.15) is 45.8 Å². The number of amides is 2. The normalized spacial score (nSPS) is 16.8. The van der Waals surface area contributed by atoms with Crippen LogP contribution in [0.15, 0.2) is 67.0 Å². The molecule has 1 aliphatic heterocycles. The number of carbonyl (C=O) groups excluding carboxylic acids is 2. The summed E-state index contributed by atoms with van der Waals surface area (Å²) in [5.74, 6) is -0.487. The van der Waals surface area contributed by atoms with Gasteiger partial charge in [0, 0.05) is 52.5 Å². The van der Waals surface area contributed by atoms with Crippen molar-refractivity contribution in [3.63, 3.8) is 0 Å². The molecule has 48 heavy (non-hydrogen) atoms. The molecule has 2 heterocycles. The minimum absolute atomic E-state index is 0.0887. The van der Waals surface area contributed by atoms with Crippen molar-refractivity contribution in [2.75, 3.05) is 31.3 Å². The van der Waals surface area contributed by atoms with Gasteiger partial charge in [-0.15, -0.1) is 0 Å². The minimum atomic E-state index is -1.23. The van der Waals surface area contributed by atoms with Gasteiger partial charge in [-0.05, 0) is 78.3 Å². The Hall–Kier alpha value is -4.58. The molecule has 11 nitrogen and oxygen atoms in total. The molecule has 13 heteroatoms. The number of aromatic nitrogens is 2. The first-order valence-electron chi connectivity index (χ1n) is 15.6. The molecule has 2 aliphatic rings. The van der Waals surface area contributed by atoms with Gasteiger partial charge in [-0.25, -0.2) is 9.59 Å². The molecular weight excluding hydrogens is 659 g/mol. The number of hydrogen-bond donors (Lipinski definition) is 3. The monoisotopic (exact) mass is 692 g/mol. The molecule has 0 saturated heterocycles. The van der Waals surface area contributed by atoms with E-state index in [4.69, 9.17) is 37.8 Å². The molecule has 4 aromatic rings. The zero-order chi connectivity index (χ0) is 33.9. The average molecular weight is 694 g/mol. The number of anilines is 1. The molecule has 0 radical (unpaired) electrons. The standard InChI is InChI=1S/C35H34Cl2N4O7/c1-20-27(36)5-3-7-31(20)47-12-13-48-35(46)41-19-22-15-26(22)32-25(4-2-6-30(32)41)24-16-38-40(18-24)17-23-14-21(8-9-28(23)37)33(43)39-29(10-11-42)34(44)45/h2-9,14,16,18,22,26,29,42H,10-13,15,17,19H2,1H3,(H,39,43)(H,44,45)/t22-,26-,29-/m0/s1. The largest absolute Gasteiger partial charge is 0.490 e. The molecule has 3 N–H and O–H groups in total. The predicted molar refractivity (Wildman–Crippen MR) is 180 cm³/mol. The number of hydrogen-bond acceptors (Lipinski definition) is 7. The van der Waals surface area contributed by atoms with Crippen LogP contribution in [0.4, 0.5) is 10.5 Å². The fraction of sp³-hybridized carbons (Fsp3) is 0.314. The summed E-state index contributed by atoms with van der Waals surface area (Å²) in [6.45, 7) is 2.63. The second-order valence-corrected chi connectivity index (χ2v) is 12.7. The molecule has 0 bridgehead atoms. The van der Waals surface area contributed by atoms with Crippen LogP contribution in [0, 0.1) is 12.8 Å². The van der Waals surface area contributed by atoms with Crippen molar-refractivity contribution in [1.82, 2.24) is 15.1 Å². The van der Waals surface area contributed by atoms with E-state index in [1.165, 1.54) is 6.07 Å². The van der Waals surface area contributed by atoms with Crippen molar-refractivity contribution in [3.8, 4) is 16.9 Å². The van der Waals surface area contributed by atoms with Gasteiger partial charge in [0.25, 0.3) is 5.91 Å². The van der Waals surface area contributed by atoms with Crippen LogP contribution in [-0.2, 0) is 16.1 Å². The number of fused-ring (bicyclic) bond motifs is 3. The molecule has 3 aromatic carbocycles. The summed E-state index contributed by atoms with van der Waals surface area (Å²) in [4.78, 5) is 39.2. The zero-order valence-electron chi connectivity index (χ0n) is 26.1. The van der Waals surface area contributed by atoms with Gasteiger partial charge in [0.15, 0.2) is 0 Å². The van der Waals surface area contributed by atoms with Crippen molar-refractivity contribution < 1.29 is 34.1 Å². The molecule has 6 rings (SSSR count). The average Bonchev–Trinajstić information content (AvgIpc) is 3.72. The Morgan fingerprint density at radius 2 is 1.90 bits per heavy atom. The Bertz CT molecular complexity index is 1860. The summed E-state index contributed by atoms with van der Waals surface area (Å²) in [5.41, 5.74) is 5.44. The van der Waals surface area contributed by atoms with Gasteiger partial charge in [-0.3, -0.25) is 14.4 Å². The Morgan fingerprint density at radius 1 is 1.08 bits per heavy atom. The second-order valence-electron chi connectivity index (χ2n) is 11.9. The lowest BCUT2D eigenvalue weighted by Crippen LogP contribution is -2.41. The maximum Gasteiger partial charge on any atom is 0.414 e. The molecule has 250 valence electrons. The highest BCUT2D eigenvalue weighted by Crippen LogP contribution is 2.57. The highest BCUT2D eigenvalue weighted by atomic mass is 35.5. The van der Waals surface area contributed by atoms with Gasteiger partial charge in [0.05, 0.1) is 18.4 Å². The number of ether oxygens (including phenoxy) is 2. The van der Waals surface area contributed by atoms with E-state index in [0.717, 1.165) is 34.4 Å². The first-order valence-corrected chi connectivity index (χ1v) is 16.3. The van der Waals surface area contributed by atoms with Crippen LogP contribution in [0.3, 0.4) is 0 Å². The third kappa shape index (κ3) is 7.13. The lowest BCUT2D eigenvalue weighted by Gasteiger charge is -2.29. The quantitative estimate of drug-likeness (QED) is 0.155. The first-order chi connectivity index (χ1) is 23.1. The number of aliphatic carboxylic acids is 1. The Balaban J connectivity index is 1.15. The van der Waals surface area contributed by atoms with E-state index in [0.29, 0.717) is 39.7 Å². The second kappa shape index (κ2) is 14.3. The van der Waals surface area contributed by atoms with Crippen LogP contribution in [0.5, 0.6) is 5.75 Å². The highest BCUT2D eigenvalue weighted by Gasteiger charge is 2.48. The van der Waals surface area contributed by atoms with E-state index >= 15 is 0 Å². The molecule has 1 aromatic heterocycles. The summed E-state index contributed by atoms with van der Waals surface area (Å²) in [7, 11) is 0. The molecule has 1 fully saturated rings. The maximum absolute atomic E-state index is 13.3. The molecule has 2 amide bonds. The van der Waals surface area contributed by atoms with Crippen molar-refractivity contribution in [2.24, 2.45) is 5.92 Å². The van der Waals surface area contributed by atoms with Crippen LogP contribution < -0.4 is 15.0 Å². The highest BCUT2D eigenvalue weighted by molar-refractivity contribution is 6.31. The molecule has 0 spiro atoms. The fourth-order valence-corrected chi connectivity index (χ4v) is 6.41. The smallest absolute Gasteiger partial charge is 0.414 e. The van der Waals surface area contributed by atoms with E-state index in [9.17, 15) is 19.5 Å². The molecule has 1 aliphatic carbocycles. The van der Waals surface area contributed by atoms with Crippen LogP contribution in [0.2, 0.25) is 10.0 Å². The van der Waals surface area contributed by atoms with E-state index in [1.54, 1.807) is 34.0 Å². The van der Waals surface area contributed by atoms with Gasteiger partial charge in [-0.2, -0.15) is 5.10 Å². The number of halogens is 2. The van der Waals surface area contributed by atoms with Gasteiger partial charge in [0.1, 0.15) is 25.0 Å². The lowest BCUT2D eigenvalue weighted by molar-refractivity contribution is -0.139. The number of benzene rings is 3. The summed E-state index contributed by atoms with van der Waals surface area (Å²) in [5, 5.41) is 26.5. The van der Waals surface area contributed by atoms with Gasteiger partial charge in [0.2, 0.25) is 0 Å². The van der Waals surface area contributed by atoms with E-state index in [2.05, 4.69) is 10.4 Å². The molecular formula is C35H34Cl2N4O7. The molecule has 1 saturated carbocycles.